The van der Waals surface area contributed by atoms with Crippen LogP contribution in [0.25, 0.3) is 0 Å². The van der Waals surface area contributed by atoms with Crippen molar-refractivity contribution in [2.24, 2.45) is 0 Å². The maximum Gasteiger partial charge on any atom is 0.257 e. The number of rotatable bonds is 2. The predicted octanol–water partition coefficient (Wildman–Crippen LogP) is 1.38. The van der Waals surface area contributed by atoms with E-state index in [-0.39, 0.29) is 17.9 Å². The quantitative estimate of drug-likeness (QED) is 0.724. The topological polar surface area (TPSA) is 49.9 Å². The standard InChI is InChI=1S/C12H18Cl2N2O3/c1-12-8(19-2)4-5-9(17)15(12)6-3-7-16(12)11(18)10(13)14/h8,10H,3-7H2,1-2H3. The van der Waals surface area contributed by atoms with Crippen molar-refractivity contribution in [1.29, 1.82) is 0 Å². The van der Waals surface area contributed by atoms with E-state index >= 15 is 0 Å². The van der Waals surface area contributed by atoms with Gasteiger partial charge in [0.1, 0.15) is 5.66 Å². The van der Waals surface area contributed by atoms with Crippen molar-refractivity contribution in [3.8, 4) is 0 Å². The van der Waals surface area contributed by atoms with Crippen LogP contribution in [0.3, 0.4) is 0 Å². The lowest BCUT2D eigenvalue weighted by Crippen LogP contribution is -2.73. The number of piperidine rings is 1. The molecule has 2 fully saturated rings. The average molecular weight is 309 g/mol. The van der Waals surface area contributed by atoms with Crippen LogP contribution in [0.4, 0.5) is 0 Å². The Morgan fingerprint density at radius 2 is 2.16 bits per heavy atom. The van der Waals surface area contributed by atoms with Crippen molar-refractivity contribution in [3.05, 3.63) is 0 Å². The Balaban J connectivity index is 2.38. The number of halogens is 2. The summed E-state index contributed by atoms with van der Waals surface area (Å²) in [6, 6.07) is 0. The van der Waals surface area contributed by atoms with Crippen LogP contribution >= 0.6 is 23.2 Å². The second kappa shape index (κ2) is 5.46. The highest BCUT2D eigenvalue weighted by molar-refractivity contribution is 6.53. The Morgan fingerprint density at radius 1 is 1.47 bits per heavy atom. The van der Waals surface area contributed by atoms with E-state index < -0.39 is 10.5 Å². The molecule has 2 aliphatic heterocycles. The first-order chi connectivity index (χ1) is 8.92. The predicted molar refractivity (Wildman–Crippen MR) is 72.0 cm³/mol. The zero-order valence-corrected chi connectivity index (χ0v) is 12.6. The Labute approximate surface area is 122 Å². The Bertz CT molecular complexity index is 391. The first-order valence-electron chi connectivity index (χ1n) is 6.35. The van der Waals surface area contributed by atoms with E-state index in [1.807, 2.05) is 6.92 Å². The molecule has 5 nitrogen and oxygen atoms in total. The van der Waals surface area contributed by atoms with E-state index in [1.54, 1.807) is 16.9 Å². The minimum atomic E-state index is -1.12. The van der Waals surface area contributed by atoms with Gasteiger partial charge in [0.2, 0.25) is 5.91 Å². The summed E-state index contributed by atoms with van der Waals surface area (Å²) >= 11 is 11.4. The fourth-order valence-corrected chi connectivity index (χ4v) is 3.40. The van der Waals surface area contributed by atoms with Gasteiger partial charge in [-0.3, -0.25) is 9.59 Å². The molecular formula is C12H18Cl2N2O3. The van der Waals surface area contributed by atoms with Crippen LogP contribution < -0.4 is 0 Å². The van der Waals surface area contributed by atoms with E-state index in [0.29, 0.717) is 25.9 Å². The molecule has 0 aliphatic carbocycles. The molecule has 0 saturated carbocycles. The highest BCUT2D eigenvalue weighted by Crippen LogP contribution is 2.37. The molecule has 0 aromatic carbocycles. The summed E-state index contributed by atoms with van der Waals surface area (Å²) in [4.78, 5) is 26.5. The summed E-state index contributed by atoms with van der Waals surface area (Å²) in [6.07, 6.45) is 1.55. The van der Waals surface area contributed by atoms with Crippen molar-refractivity contribution >= 4 is 35.0 Å². The van der Waals surface area contributed by atoms with E-state index in [2.05, 4.69) is 0 Å². The number of ether oxygens (including phenoxy) is 1. The molecular weight excluding hydrogens is 291 g/mol. The maximum absolute atomic E-state index is 12.2. The third-order valence-electron chi connectivity index (χ3n) is 4.12. The van der Waals surface area contributed by atoms with E-state index in [0.717, 1.165) is 6.42 Å². The van der Waals surface area contributed by atoms with Gasteiger partial charge in [0.05, 0.1) is 6.10 Å². The van der Waals surface area contributed by atoms with Crippen LogP contribution in [0.1, 0.15) is 26.2 Å². The molecule has 2 unspecified atom stereocenters. The van der Waals surface area contributed by atoms with Gasteiger partial charge in [-0.25, -0.2) is 0 Å². The first-order valence-corrected chi connectivity index (χ1v) is 7.23. The monoisotopic (exact) mass is 308 g/mol. The number of carbonyl (C=O) groups excluding carboxylic acids is 2. The molecule has 0 spiro atoms. The summed E-state index contributed by atoms with van der Waals surface area (Å²) in [5.41, 5.74) is -0.790. The van der Waals surface area contributed by atoms with E-state index in [4.69, 9.17) is 27.9 Å². The first kappa shape index (κ1) is 14.9. The molecule has 108 valence electrons. The summed E-state index contributed by atoms with van der Waals surface area (Å²) in [5, 5.41) is 0. The second-order valence-corrected chi connectivity index (χ2v) is 6.14. The Hall–Kier alpha value is -0.520. The van der Waals surface area contributed by atoms with Gasteiger partial charge in [0.25, 0.3) is 5.91 Å². The molecule has 0 aromatic rings. The molecule has 2 rings (SSSR count). The zero-order valence-electron chi connectivity index (χ0n) is 11.1. The third kappa shape index (κ3) is 2.32. The Kier molecular flexibility index (Phi) is 4.28. The van der Waals surface area contributed by atoms with Crippen molar-refractivity contribution in [1.82, 2.24) is 9.80 Å². The number of hydrogen-bond donors (Lipinski definition) is 0. The largest absolute Gasteiger partial charge is 0.377 e. The van der Waals surface area contributed by atoms with Gasteiger partial charge < -0.3 is 14.5 Å². The van der Waals surface area contributed by atoms with Gasteiger partial charge >= 0.3 is 0 Å². The van der Waals surface area contributed by atoms with Crippen LogP contribution in [0.2, 0.25) is 0 Å². The molecule has 0 N–H and O–H groups in total. The van der Waals surface area contributed by atoms with Gasteiger partial charge in [-0.05, 0) is 19.8 Å². The summed E-state index contributed by atoms with van der Waals surface area (Å²) < 4.78 is 5.50. The molecule has 0 bridgehead atoms. The molecule has 2 heterocycles. The highest BCUT2D eigenvalue weighted by Gasteiger charge is 2.54. The summed E-state index contributed by atoms with van der Waals surface area (Å²) in [6.45, 7) is 3.02. The minimum absolute atomic E-state index is 0.0500. The smallest absolute Gasteiger partial charge is 0.257 e. The Morgan fingerprint density at radius 3 is 2.74 bits per heavy atom. The van der Waals surface area contributed by atoms with Crippen molar-refractivity contribution < 1.29 is 14.3 Å². The normalized spacial score (nSPS) is 31.6. The lowest BCUT2D eigenvalue weighted by Gasteiger charge is -2.57. The van der Waals surface area contributed by atoms with Crippen LogP contribution in [0.15, 0.2) is 0 Å². The van der Waals surface area contributed by atoms with Gasteiger partial charge in [0.15, 0.2) is 4.84 Å². The average Bonchev–Trinajstić information content (AvgIpc) is 2.37. The fraction of sp³-hybridized carbons (Fsp3) is 0.833. The van der Waals surface area contributed by atoms with Gasteiger partial charge in [0, 0.05) is 26.6 Å². The fourth-order valence-electron chi connectivity index (χ4n) is 3.17. The summed E-state index contributed by atoms with van der Waals surface area (Å²) in [7, 11) is 1.60. The molecule has 7 heteroatoms. The number of amides is 2. The van der Waals surface area contributed by atoms with Crippen molar-refractivity contribution in [2.75, 3.05) is 20.2 Å². The zero-order chi connectivity index (χ0) is 14.2. The van der Waals surface area contributed by atoms with Crippen LogP contribution in [0, 0.1) is 0 Å². The molecule has 2 amide bonds. The van der Waals surface area contributed by atoms with Gasteiger partial charge in [-0.15, -0.1) is 0 Å². The van der Waals surface area contributed by atoms with E-state index in [1.165, 1.54) is 0 Å². The van der Waals surface area contributed by atoms with Crippen molar-refractivity contribution in [3.63, 3.8) is 0 Å². The SMILES string of the molecule is COC1CCC(=O)N2CCCN(C(=O)C(Cl)Cl)C12C. The number of fused-ring (bicyclic) bond motifs is 1. The van der Waals surface area contributed by atoms with Gasteiger partial charge in [-0.2, -0.15) is 0 Å². The molecule has 0 aromatic heterocycles. The molecule has 2 aliphatic rings. The molecule has 2 saturated heterocycles. The lowest BCUT2D eigenvalue weighted by molar-refractivity contribution is -0.194. The van der Waals surface area contributed by atoms with Crippen molar-refractivity contribution in [2.45, 2.75) is 42.8 Å². The minimum Gasteiger partial charge on any atom is -0.377 e. The maximum atomic E-state index is 12.2. The number of alkyl halides is 2. The third-order valence-corrected chi connectivity index (χ3v) is 4.50. The lowest BCUT2D eigenvalue weighted by atomic mass is 9.88. The molecule has 2 atom stereocenters. The van der Waals surface area contributed by atoms with Gasteiger partial charge in [-0.1, -0.05) is 23.2 Å². The molecule has 0 radical (unpaired) electrons. The van der Waals surface area contributed by atoms with Crippen LogP contribution in [0.5, 0.6) is 0 Å². The number of carbonyl (C=O) groups is 2. The second-order valence-electron chi connectivity index (χ2n) is 5.05. The van der Waals surface area contributed by atoms with Crippen LogP contribution in [-0.4, -0.2) is 58.4 Å². The number of hydrogen-bond acceptors (Lipinski definition) is 3. The van der Waals surface area contributed by atoms with Crippen LogP contribution in [-0.2, 0) is 14.3 Å². The van der Waals surface area contributed by atoms with E-state index in [9.17, 15) is 9.59 Å². The number of nitrogens with zero attached hydrogens (tertiary/aromatic N) is 2. The summed E-state index contributed by atoms with van der Waals surface area (Å²) in [5.74, 6) is -0.318. The number of methoxy groups -OCH3 is 1. The highest BCUT2D eigenvalue weighted by atomic mass is 35.5. The molecule has 19 heavy (non-hydrogen) atoms.